The Kier molecular flexibility index (Phi) is 7.46. The largest absolute Gasteiger partial charge is 0.494 e. The molecule has 1 fully saturated rings. The number of hydrogen-bond donors (Lipinski definition) is 2. The Morgan fingerprint density at radius 1 is 1.02 bits per heavy atom. The van der Waals surface area contributed by atoms with Gasteiger partial charge < -0.3 is 24.3 Å². The van der Waals surface area contributed by atoms with Crippen LogP contribution >= 0.6 is 12.2 Å². The molecule has 10 nitrogen and oxygen atoms in total. The molecule has 0 aliphatic carbocycles. The predicted molar refractivity (Wildman–Crippen MR) is 157 cm³/mol. The Morgan fingerprint density at radius 2 is 1.85 bits per heavy atom. The third-order valence-corrected chi connectivity index (χ3v) is 7.39. The van der Waals surface area contributed by atoms with E-state index >= 15 is 0 Å². The number of aromatic nitrogens is 2. The lowest BCUT2D eigenvalue weighted by molar-refractivity contribution is 0.0600. The van der Waals surface area contributed by atoms with Crippen LogP contribution in [0, 0.1) is 0 Å². The summed E-state index contributed by atoms with van der Waals surface area (Å²) in [4.78, 5) is 18.8. The van der Waals surface area contributed by atoms with E-state index in [0.29, 0.717) is 27.8 Å². The van der Waals surface area contributed by atoms with Crippen LogP contribution in [0.3, 0.4) is 0 Å². The molecule has 2 aromatic heterocycles. The Bertz CT molecular complexity index is 1670. The first kappa shape index (κ1) is 27.2. The number of anilines is 2. The molecule has 2 atom stereocenters. The molecule has 0 amide bonds. The van der Waals surface area contributed by atoms with Gasteiger partial charge in [-0.3, -0.25) is 9.71 Å². The lowest BCUT2D eigenvalue weighted by Gasteiger charge is -2.29. The summed E-state index contributed by atoms with van der Waals surface area (Å²) in [7, 11) is -0.696. The van der Waals surface area contributed by atoms with Gasteiger partial charge in [-0.25, -0.2) is 13.2 Å². The minimum absolute atomic E-state index is 0.313. The number of methoxy groups -OCH3 is 2. The van der Waals surface area contributed by atoms with E-state index in [-0.39, 0.29) is 12.1 Å². The maximum Gasteiger partial charge on any atom is 0.337 e. The maximum atomic E-state index is 12.2. The fraction of sp³-hybridized carbons (Fsp3) is 0.179. The van der Waals surface area contributed by atoms with Gasteiger partial charge in [-0.2, -0.15) is 0 Å². The molecular formula is C28H27N5O5S2. The molecule has 206 valence electrons. The summed E-state index contributed by atoms with van der Waals surface area (Å²) in [6.45, 7) is 0. The van der Waals surface area contributed by atoms with Gasteiger partial charge in [0.1, 0.15) is 11.8 Å². The molecular weight excluding hydrogens is 550 g/mol. The average molecular weight is 578 g/mol. The highest BCUT2D eigenvalue weighted by atomic mass is 32.2. The van der Waals surface area contributed by atoms with Gasteiger partial charge in [-0.1, -0.05) is 12.1 Å². The summed E-state index contributed by atoms with van der Waals surface area (Å²) in [5.74, 6) is -0.0888. The zero-order valence-electron chi connectivity index (χ0n) is 21.9. The number of carbonyl (C=O) groups is 1. The fourth-order valence-electron chi connectivity index (χ4n) is 4.82. The monoisotopic (exact) mass is 577 g/mol. The first-order valence-electron chi connectivity index (χ1n) is 12.2. The number of ether oxygens (including phenoxy) is 2. The summed E-state index contributed by atoms with van der Waals surface area (Å²) < 4.78 is 38.7. The highest BCUT2D eigenvalue weighted by molar-refractivity contribution is 7.92. The van der Waals surface area contributed by atoms with Crippen LogP contribution in [-0.2, 0) is 14.8 Å². The molecule has 40 heavy (non-hydrogen) atoms. The van der Waals surface area contributed by atoms with Crippen molar-refractivity contribution in [3.05, 3.63) is 102 Å². The van der Waals surface area contributed by atoms with Gasteiger partial charge in [-0.15, -0.1) is 0 Å². The Hall–Kier alpha value is -4.42. The van der Waals surface area contributed by atoms with Crippen LogP contribution in [0.4, 0.5) is 11.4 Å². The molecule has 3 heterocycles. The van der Waals surface area contributed by atoms with Crippen molar-refractivity contribution in [1.82, 2.24) is 14.9 Å². The van der Waals surface area contributed by atoms with Crippen LogP contribution in [0.5, 0.6) is 5.75 Å². The number of nitrogens with zero attached hydrogens (tertiary/aromatic N) is 3. The summed E-state index contributed by atoms with van der Waals surface area (Å²) in [6.07, 6.45) is 4.73. The molecule has 1 saturated heterocycles. The van der Waals surface area contributed by atoms with E-state index in [1.807, 2.05) is 52.1 Å². The van der Waals surface area contributed by atoms with E-state index in [1.54, 1.807) is 42.6 Å². The van der Waals surface area contributed by atoms with Crippen LogP contribution in [0.15, 0.2) is 85.2 Å². The second-order valence-corrected chi connectivity index (χ2v) is 11.2. The van der Waals surface area contributed by atoms with Crippen LogP contribution in [0.25, 0.3) is 5.69 Å². The van der Waals surface area contributed by atoms with Gasteiger partial charge >= 0.3 is 5.97 Å². The van der Waals surface area contributed by atoms with E-state index < -0.39 is 16.0 Å². The topological polar surface area (TPSA) is 115 Å². The Labute approximate surface area is 237 Å². The highest BCUT2D eigenvalue weighted by Gasteiger charge is 2.42. The molecule has 1 aliphatic heterocycles. The van der Waals surface area contributed by atoms with E-state index in [2.05, 4.69) is 15.0 Å². The summed E-state index contributed by atoms with van der Waals surface area (Å²) in [5.41, 5.74) is 3.86. The second kappa shape index (κ2) is 11.0. The number of rotatable bonds is 8. The van der Waals surface area contributed by atoms with Crippen LogP contribution in [0.1, 0.15) is 33.8 Å². The number of carbonyl (C=O) groups excluding carboxylic acids is 1. The summed E-state index contributed by atoms with van der Waals surface area (Å²) in [6, 6.07) is 21.2. The molecule has 0 saturated carbocycles. The smallest absolute Gasteiger partial charge is 0.337 e. The quantitative estimate of drug-likeness (QED) is 0.235. The van der Waals surface area contributed by atoms with Crippen molar-refractivity contribution >= 4 is 44.7 Å². The molecule has 0 radical (unpaired) electrons. The van der Waals surface area contributed by atoms with Crippen molar-refractivity contribution in [1.29, 1.82) is 0 Å². The molecule has 4 aromatic rings. The number of hydrogen-bond acceptors (Lipinski definition) is 7. The SMILES string of the molecule is COC(=O)c1cccc(-n2cccc2[C@@H]2[C@@H](c3ccccn3)NC(=S)N2c2ccc(NS(C)(=O)=O)c(OC)c2)c1. The van der Waals surface area contributed by atoms with Crippen LogP contribution < -0.4 is 19.7 Å². The molecule has 12 heteroatoms. The van der Waals surface area contributed by atoms with Gasteiger partial charge in [0.25, 0.3) is 0 Å². The van der Waals surface area contributed by atoms with Crippen molar-refractivity contribution in [2.45, 2.75) is 12.1 Å². The van der Waals surface area contributed by atoms with Crippen LogP contribution in [0.2, 0.25) is 0 Å². The van der Waals surface area contributed by atoms with Crippen molar-refractivity contribution in [3.8, 4) is 11.4 Å². The molecule has 0 spiro atoms. The van der Waals surface area contributed by atoms with E-state index in [9.17, 15) is 13.2 Å². The van der Waals surface area contributed by atoms with Crippen molar-refractivity contribution in [2.24, 2.45) is 0 Å². The zero-order valence-corrected chi connectivity index (χ0v) is 23.6. The summed E-state index contributed by atoms with van der Waals surface area (Å²) >= 11 is 5.85. The van der Waals surface area contributed by atoms with E-state index in [4.69, 9.17) is 21.7 Å². The van der Waals surface area contributed by atoms with Crippen molar-refractivity contribution < 1.29 is 22.7 Å². The normalized spacial score (nSPS) is 16.9. The average Bonchev–Trinajstić information content (AvgIpc) is 3.57. The van der Waals surface area contributed by atoms with E-state index in [1.165, 1.54) is 14.2 Å². The minimum atomic E-state index is -3.52. The third-order valence-electron chi connectivity index (χ3n) is 6.49. The van der Waals surface area contributed by atoms with Gasteiger partial charge in [-0.05, 0) is 66.8 Å². The minimum Gasteiger partial charge on any atom is -0.494 e. The number of thiocarbonyl (C=S) groups is 1. The molecule has 0 unspecified atom stereocenters. The predicted octanol–water partition coefficient (Wildman–Crippen LogP) is 4.22. The highest BCUT2D eigenvalue weighted by Crippen LogP contribution is 2.44. The molecule has 5 rings (SSSR count). The third kappa shape index (κ3) is 5.36. The fourth-order valence-corrected chi connectivity index (χ4v) is 5.73. The van der Waals surface area contributed by atoms with Gasteiger partial charge in [0, 0.05) is 35.5 Å². The number of sulfonamides is 1. The number of pyridine rings is 1. The molecule has 2 aromatic carbocycles. The van der Waals surface area contributed by atoms with E-state index in [0.717, 1.165) is 23.3 Å². The lowest BCUT2D eigenvalue weighted by atomic mass is 10.0. The van der Waals surface area contributed by atoms with Gasteiger partial charge in [0.2, 0.25) is 10.0 Å². The van der Waals surface area contributed by atoms with Gasteiger partial charge in [0.05, 0.1) is 43.5 Å². The Balaban J connectivity index is 1.64. The van der Waals surface area contributed by atoms with Crippen molar-refractivity contribution in [3.63, 3.8) is 0 Å². The van der Waals surface area contributed by atoms with Crippen molar-refractivity contribution in [2.75, 3.05) is 30.1 Å². The number of esters is 1. The van der Waals surface area contributed by atoms with Gasteiger partial charge in [0.15, 0.2) is 5.11 Å². The molecule has 1 aliphatic rings. The zero-order chi connectivity index (χ0) is 28.4. The molecule has 0 bridgehead atoms. The summed E-state index contributed by atoms with van der Waals surface area (Å²) in [5, 5.41) is 3.88. The number of benzene rings is 2. The molecule has 2 N–H and O–H groups in total. The Morgan fingerprint density at radius 3 is 2.55 bits per heavy atom. The lowest BCUT2D eigenvalue weighted by Crippen LogP contribution is -2.30. The standard InChI is InChI=1S/C28H27N5O5S2/c1-37-24-17-20(12-13-21(24)31-40(3,35)36)33-26(25(30-28(33)39)22-10-4-5-14-29-22)23-11-7-15-32(23)19-9-6-8-18(16-19)27(34)38-2/h4-17,25-26,31H,1-3H3,(H,30,39)/t25-,26-/m1/s1. The second-order valence-electron chi connectivity index (χ2n) is 9.10. The first-order valence-corrected chi connectivity index (χ1v) is 14.5. The van der Waals surface area contributed by atoms with Crippen LogP contribution in [-0.4, -0.2) is 49.5 Å². The number of nitrogens with one attached hydrogen (secondary N) is 2. The first-order chi connectivity index (χ1) is 19.2. The maximum absolute atomic E-state index is 12.2.